The maximum Gasteiger partial charge on any atom is 0.220 e. The highest BCUT2D eigenvalue weighted by molar-refractivity contribution is 5.75. The van der Waals surface area contributed by atoms with Gasteiger partial charge in [-0.25, -0.2) is 0 Å². The van der Waals surface area contributed by atoms with Crippen molar-refractivity contribution >= 4 is 5.91 Å². The third kappa shape index (κ3) is 4.10. The van der Waals surface area contributed by atoms with E-state index in [1.165, 1.54) is 5.56 Å². The van der Waals surface area contributed by atoms with Gasteiger partial charge in [-0.05, 0) is 24.5 Å². The molecule has 0 bridgehead atoms. The summed E-state index contributed by atoms with van der Waals surface area (Å²) in [7, 11) is 1.65. The van der Waals surface area contributed by atoms with Gasteiger partial charge in [0.1, 0.15) is 5.75 Å². The normalized spacial score (nSPS) is 10.1. The van der Waals surface area contributed by atoms with Crippen LogP contribution in [0, 0.1) is 0 Å². The molecule has 0 aliphatic carbocycles. The van der Waals surface area contributed by atoms with E-state index in [-0.39, 0.29) is 5.91 Å². The van der Waals surface area contributed by atoms with Crippen LogP contribution >= 0.6 is 0 Å². The second-order valence-electron chi connectivity index (χ2n) is 4.03. The summed E-state index contributed by atoms with van der Waals surface area (Å²) in [6.07, 6.45) is 2.44. The first kappa shape index (κ1) is 13.6. The summed E-state index contributed by atoms with van der Waals surface area (Å²) < 4.78 is 5.29. The van der Waals surface area contributed by atoms with Crippen molar-refractivity contribution < 1.29 is 9.53 Å². The van der Waals surface area contributed by atoms with Crippen molar-refractivity contribution in [2.24, 2.45) is 0 Å². The predicted octanol–water partition coefficient (Wildman–Crippen LogP) is 2.67. The van der Waals surface area contributed by atoms with Crippen LogP contribution in [0.2, 0.25) is 0 Å². The highest BCUT2D eigenvalue weighted by Crippen LogP contribution is 2.20. The zero-order valence-electron chi connectivity index (χ0n) is 10.9. The molecule has 0 aromatic heterocycles. The molecule has 1 aromatic carbocycles. The molecule has 1 N–H and O–H groups in total. The minimum Gasteiger partial charge on any atom is -0.496 e. The van der Waals surface area contributed by atoms with E-state index in [4.69, 9.17) is 4.74 Å². The number of rotatable bonds is 6. The lowest BCUT2D eigenvalue weighted by molar-refractivity contribution is -0.121. The van der Waals surface area contributed by atoms with E-state index in [2.05, 4.69) is 24.4 Å². The molecule has 0 radical (unpaired) electrons. The van der Waals surface area contributed by atoms with Crippen molar-refractivity contribution in [3.8, 4) is 5.75 Å². The Morgan fingerprint density at radius 2 is 2.12 bits per heavy atom. The zero-order chi connectivity index (χ0) is 12.7. The summed E-state index contributed by atoms with van der Waals surface area (Å²) in [6.45, 7) is 4.65. The van der Waals surface area contributed by atoms with Gasteiger partial charge in [-0.15, -0.1) is 0 Å². The molecule has 94 valence electrons. The van der Waals surface area contributed by atoms with Crippen molar-refractivity contribution in [1.82, 2.24) is 5.32 Å². The maximum atomic E-state index is 11.4. The van der Waals surface area contributed by atoms with Crippen molar-refractivity contribution in [2.45, 2.75) is 39.7 Å². The van der Waals surface area contributed by atoms with E-state index in [1.807, 2.05) is 13.0 Å². The van der Waals surface area contributed by atoms with Gasteiger partial charge in [-0.3, -0.25) is 4.79 Å². The van der Waals surface area contributed by atoms with Crippen LogP contribution in [-0.2, 0) is 17.8 Å². The maximum absolute atomic E-state index is 11.4. The number of hydrogen-bond donors (Lipinski definition) is 1. The molecule has 0 saturated heterocycles. The Hall–Kier alpha value is -1.51. The molecule has 0 saturated carbocycles. The Balaban J connectivity index is 2.70. The Morgan fingerprint density at radius 1 is 1.35 bits per heavy atom. The smallest absolute Gasteiger partial charge is 0.220 e. The number of nitrogens with one attached hydrogen (secondary N) is 1. The Morgan fingerprint density at radius 3 is 2.71 bits per heavy atom. The predicted molar refractivity (Wildman–Crippen MR) is 69.1 cm³/mol. The molecule has 0 aliphatic heterocycles. The largest absolute Gasteiger partial charge is 0.496 e. The first-order valence-corrected chi connectivity index (χ1v) is 6.13. The van der Waals surface area contributed by atoms with Crippen LogP contribution < -0.4 is 10.1 Å². The molecule has 1 aromatic rings. The first-order valence-electron chi connectivity index (χ1n) is 6.13. The molecule has 0 heterocycles. The van der Waals surface area contributed by atoms with Crippen LogP contribution in [0.1, 0.15) is 37.8 Å². The van der Waals surface area contributed by atoms with Crippen LogP contribution in [0.3, 0.4) is 0 Å². The van der Waals surface area contributed by atoms with Gasteiger partial charge in [0, 0.05) is 18.5 Å². The average molecular weight is 235 g/mol. The number of hydrogen-bond acceptors (Lipinski definition) is 2. The van der Waals surface area contributed by atoms with Gasteiger partial charge in [0.05, 0.1) is 7.11 Å². The Kier molecular flexibility index (Phi) is 5.53. The number of benzene rings is 1. The van der Waals surface area contributed by atoms with Crippen LogP contribution in [-0.4, -0.2) is 13.0 Å². The van der Waals surface area contributed by atoms with E-state index >= 15 is 0 Å². The molecule has 17 heavy (non-hydrogen) atoms. The number of carbonyl (C=O) groups excluding carboxylic acids is 1. The van der Waals surface area contributed by atoms with Gasteiger partial charge < -0.3 is 10.1 Å². The van der Waals surface area contributed by atoms with Crippen molar-refractivity contribution in [2.75, 3.05) is 7.11 Å². The van der Waals surface area contributed by atoms with Crippen molar-refractivity contribution in [3.05, 3.63) is 29.3 Å². The summed E-state index contributed by atoms with van der Waals surface area (Å²) in [5.41, 5.74) is 2.29. The molecule has 3 heteroatoms. The number of methoxy groups -OCH3 is 1. The van der Waals surface area contributed by atoms with Gasteiger partial charge in [0.2, 0.25) is 5.91 Å². The fraction of sp³-hybridized carbons (Fsp3) is 0.500. The van der Waals surface area contributed by atoms with Crippen LogP contribution in [0.4, 0.5) is 0 Å². The Labute approximate surface area is 103 Å². The summed E-state index contributed by atoms with van der Waals surface area (Å²) in [6, 6.07) is 6.10. The molecule has 0 atom stereocenters. The van der Waals surface area contributed by atoms with Crippen LogP contribution in [0.25, 0.3) is 0 Å². The van der Waals surface area contributed by atoms with Gasteiger partial charge >= 0.3 is 0 Å². The molecule has 1 amide bonds. The average Bonchev–Trinajstić information content (AvgIpc) is 2.36. The quantitative estimate of drug-likeness (QED) is 0.823. The third-order valence-corrected chi connectivity index (χ3v) is 2.71. The fourth-order valence-electron chi connectivity index (χ4n) is 1.70. The van der Waals surface area contributed by atoms with Crippen LogP contribution in [0.5, 0.6) is 5.75 Å². The number of carbonyl (C=O) groups is 1. The topological polar surface area (TPSA) is 38.3 Å². The second-order valence-corrected chi connectivity index (χ2v) is 4.03. The van der Waals surface area contributed by atoms with Gasteiger partial charge in [0.25, 0.3) is 0 Å². The van der Waals surface area contributed by atoms with E-state index in [0.717, 1.165) is 24.2 Å². The lowest BCUT2D eigenvalue weighted by Crippen LogP contribution is -2.22. The van der Waals surface area contributed by atoms with Gasteiger partial charge in [-0.2, -0.15) is 0 Å². The minimum absolute atomic E-state index is 0.0939. The molecule has 0 unspecified atom stereocenters. The highest BCUT2D eigenvalue weighted by atomic mass is 16.5. The molecule has 0 aliphatic rings. The highest BCUT2D eigenvalue weighted by Gasteiger charge is 2.05. The zero-order valence-corrected chi connectivity index (χ0v) is 10.9. The molecule has 1 rings (SSSR count). The molecule has 0 fully saturated rings. The Bertz CT molecular complexity index is 374. The standard InChI is InChI=1S/C14H21NO2/c1-4-6-14(16)15-10-12-9-11(5-2)7-8-13(12)17-3/h7-9H,4-6,10H2,1-3H3,(H,15,16). The third-order valence-electron chi connectivity index (χ3n) is 2.71. The molecule has 0 spiro atoms. The lowest BCUT2D eigenvalue weighted by atomic mass is 10.1. The van der Waals surface area contributed by atoms with E-state index in [0.29, 0.717) is 13.0 Å². The minimum atomic E-state index is 0.0939. The van der Waals surface area contributed by atoms with E-state index in [1.54, 1.807) is 7.11 Å². The summed E-state index contributed by atoms with van der Waals surface area (Å²) in [5.74, 6) is 0.926. The number of ether oxygens (including phenoxy) is 1. The number of aryl methyl sites for hydroxylation is 1. The fourth-order valence-corrected chi connectivity index (χ4v) is 1.70. The van der Waals surface area contributed by atoms with E-state index in [9.17, 15) is 4.79 Å². The SMILES string of the molecule is CCCC(=O)NCc1cc(CC)ccc1OC. The first-order chi connectivity index (χ1) is 8.21. The summed E-state index contributed by atoms with van der Waals surface area (Å²) >= 11 is 0. The lowest BCUT2D eigenvalue weighted by Gasteiger charge is -2.11. The molecular weight excluding hydrogens is 214 g/mol. The van der Waals surface area contributed by atoms with Crippen LogP contribution in [0.15, 0.2) is 18.2 Å². The second kappa shape index (κ2) is 6.94. The molecular formula is C14H21NO2. The van der Waals surface area contributed by atoms with Crippen molar-refractivity contribution in [3.63, 3.8) is 0 Å². The number of amides is 1. The summed E-state index contributed by atoms with van der Waals surface area (Å²) in [4.78, 5) is 11.4. The monoisotopic (exact) mass is 235 g/mol. The molecule has 3 nitrogen and oxygen atoms in total. The van der Waals surface area contributed by atoms with Crippen molar-refractivity contribution in [1.29, 1.82) is 0 Å². The van der Waals surface area contributed by atoms with Gasteiger partial charge in [-0.1, -0.05) is 26.0 Å². The van der Waals surface area contributed by atoms with Gasteiger partial charge in [0.15, 0.2) is 0 Å². The summed E-state index contributed by atoms with van der Waals surface area (Å²) in [5, 5.41) is 2.91. The van der Waals surface area contributed by atoms with E-state index < -0.39 is 0 Å².